The molecule has 126 valence electrons. The quantitative estimate of drug-likeness (QED) is 0.564. The van der Waals surface area contributed by atoms with E-state index >= 15 is 0 Å². The van der Waals surface area contributed by atoms with Crippen LogP contribution in [0.15, 0.2) is 47.4 Å². The molecule has 1 N–H and O–H groups in total. The summed E-state index contributed by atoms with van der Waals surface area (Å²) in [5.41, 5.74) is 1.43. The Labute approximate surface area is 163 Å². The molecule has 1 fully saturated rings. The standard InChI is InChI=1S/C17H9Cl2NO3S2/c18-12-6-5-11(8-13(12)19)20-15(21)14(25-17(20)24)7-9-1-3-10(4-2-9)16(22)23/h1-8H,(H,22,23)/b14-7+. The fourth-order valence-electron chi connectivity index (χ4n) is 2.19. The van der Waals surface area contributed by atoms with Gasteiger partial charge in [0.1, 0.15) is 0 Å². The number of carboxylic acids is 1. The van der Waals surface area contributed by atoms with Gasteiger partial charge in [-0.3, -0.25) is 9.69 Å². The average Bonchev–Trinajstić information content (AvgIpc) is 2.85. The SMILES string of the molecule is O=C(O)c1ccc(/C=C2/SC(=S)N(c3ccc(Cl)c(Cl)c3)C2=O)cc1. The van der Waals surface area contributed by atoms with Gasteiger partial charge in [0.05, 0.1) is 26.2 Å². The highest BCUT2D eigenvalue weighted by molar-refractivity contribution is 8.27. The van der Waals surface area contributed by atoms with Crippen LogP contribution in [-0.2, 0) is 4.79 Å². The van der Waals surface area contributed by atoms with Crippen LogP contribution in [0.5, 0.6) is 0 Å². The summed E-state index contributed by atoms with van der Waals surface area (Å²) in [5, 5.41) is 9.65. The highest BCUT2D eigenvalue weighted by Gasteiger charge is 2.33. The Morgan fingerprint density at radius 1 is 1.12 bits per heavy atom. The lowest BCUT2D eigenvalue weighted by Crippen LogP contribution is -2.27. The molecular formula is C17H9Cl2NO3S2. The van der Waals surface area contributed by atoms with Crippen molar-refractivity contribution in [1.82, 2.24) is 0 Å². The molecule has 8 heteroatoms. The molecule has 0 aliphatic carbocycles. The highest BCUT2D eigenvalue weighted by atomic mass is 35.5. The Bertz CT molecular complexity index is 926. The Morgan fingerprint density at radius 2 is 1.80 bits per heavy atom. The highest BCUT2D eigenvalue weighted by Crippen LogP contribution is 2.37. The first-order chi connectivity index (χ1) is 11.9. The number of anilines is 1. The molecule has 0 spiro atoms. The number of nitrogens with zero attached hydrogens (tertiary/aromatic N) is 1. The van der Waals surface area contributed by atoms with E-state index in [0.717, 1.165) is 0 Å². The zero-order valence-electron chi connectivity index (χ0n) is 12.4. The Kier molecular flexibility index (Phi) is 5.15. The molecule has 0 bridgehead atoms. The van der Waals surface area contributed by atoms with E-state index in [4.69, 9.17) is 40.5 Å². The summed E-state index contributed by atoms with van der Waals surface area (Å²) in [7, 11) is 0. The molecule has 2 aromatic rings. The third-order valence-corrected chi connectivity index (χ3v) is 5.45. The number of thiocarbonyl (C=S) groups is 1. The van der Waals surface area contributed by atoms with Crippen molar-refractivity contribution >= 4 is 75.1 Å². The normalized spacial score (nSPS) is 15.9. The van der Waals surface area contributed by atoms with Gasteiger partial charge in [-0.25, -0.2) is 4.79 Å². The lowest BCUT2D eigenvalue weighted by molar-refractivity contribution is -0.113. The molecule has 0 saturated carbocycles. The van der Waals surface area contributed by atoms with Crippen LogP contribution in [0.2, 0.25) is 10.0 Å². The Morgan fingerprint density at radius 3 is 2.40 bits per heavy atom. The average molecular weight is 410 g/mol. The number of halogens is 2. The van der Waals surface area contributed by atoms with Crippen LogP contribution in [0.3, 0.4) is 0 Å². The third kappa shape index (κ3) is 3.72. The lowest BCUT2D eigenvalue weighted by Gasteiger charge is -2.15. The molecule has 1 heterocycles. The number of benzene rings is 2. The molecule has 0 radical (unpaired) electrons. The van der Waals surface area contributed by atoms with Gasteiger partial charge in [-0.2, -0.15) is 0 Å². The van der Waals surface area contributed by atoms with E-state index in [9.17, 15) is 9.59 Å². The van der Waals surface area contributed by atoms with Gasteiger partial charge in [0.2, 0.25) is 0 Å². The van der Waals surface area contributed by atoms with Crippen molar-refractivity contribution in [2.24, 2.45) is 0 Å². The number of hydrogen-bond donors (Lipinski definition) is 1. The van der Waals surface area contributed by atoms with Crippen molar-refractivity contribution < 1.29 is 14.7 Å². The first kappa shape index (κ1) is 17.9. The molecule has 1 aliphatic heterocycles. The van der Waals surface area contributed by atoms with E-state index in [-0.39, 0.29) is 11.5 Å². The van der Waals surface area contributed by atoms with Crippen molar-refractivity contribution in [3.05, 3.63) is 68.5 Å². The fourth-order valence-corrected chi connectivity index (χ4v) is 3.78. The predicted octanol–water partition coefficient (Wildman–Crippen LogP) is 5.10. The molecule has 25 heavy (non-hydrogen) atoms. The first-order valence-corrected chi connectivity index (χ1v) is 8.91. The van der Waals surface area contributed by atoms with E-state index < -0.39 is 5.97 Å². The maximum Gasteiger partial charge on any atom is 0.335 e. The third-order valence-electron chi connectivity index (χ3n) is 3.41. The predicted molar refractivity (Wildman–Crippen MR) is 106 cm³/mol. The van der Waals surface area contributed by atoms with Crippen molar-refractivity contribution in [2.75, 3.05) is 4.90 Å². The van der Waals surface area contributed by atoms with Gasteiger partial charge >= 0.3 is 5.97 Å². The van der Waals surface area contributed by atoms with Gasteiger partial charge in [-0.1, -0.05) is 59.3 Å². The smallest absolute Gasteiger partial charge is 0.335 e. The fraction of sp³-hybridized carbons (Fsp3) is 0. The van der Waals surface area contributed by atoms with Crippen LogP contribution in [0.1, 0.15) is 15.9 Å². The minimum Gasteiger partial charge on any atom is -0.478 e. The van der Waals surface area contributed by atoms with Crippen LogP contribution >= 0.6 is 47.2 Å². The number of aromatic carboxylic acids is 1. The summed E-state index contributed by atoms with van der Waals surface area (Å²) in [6.07, 6.45) is 1.67. The minimum absolute atomic E-state index is 0.181. The molecular weight excluding hydrogens is 401 g/mol. The zero-order chi connectivity index (χ0) is 18.1. The molecule has 1 amide bonds. The number of rotatable bonds is 3. The second-order valence-corrected chi connectivity index (χ2v) is 7.53. The van der Waals surface area contributed by atoms with E-state index in [1.807, 2.05) is 0 Å². The molecule has 3 rings (SSSR count). The maximum atomic E-state index is 12.7. The molecule has 4 nitrogen and oxygen atoms in total. The second-order valence-electron chi connectivity index (χ2n) is 5.04. The van der Waals surface area contributed by atoms with E-state index in [1.165, 1.54) is 28.8 Å². The monoisotopic (exact) mass is 409 g/mol. The first-order valence-electron chi connectivity index (χ1n) is 6.93. The van der Waals surface area contributed by atoms with E-state index in [2.05, 4.69) is 0 Å². The molecule has 2 aromatic carbocycles. The van der Waals surface area contributed by atoms with Crippen molar-refractivity contribution in [1.29, 1.82) is 0 Å². The van der Waals surface area contributed by atoms with Gasteiger partial charge < -0.3 is 5.11 Å². The van der Waals surface area contributed by atoms with Crippen LogP contribution in [0.25, 0.3) is 6.08 Å². The number of amides is 1. The van der Waals surface area contributed by atoms with Crippen LogP contribution in [0, 0.1) is 0 Å². The van der Waals surface area contributed by atoms with Gasteiger partial charge in [0.15, 0.2) is 4.32 Å². The molecule has 1 aliphatic rings. The minimum atomic E-state index is -1.00. The lowest BCUT2D eigenvalue weighted by atomic mass is 10.1. The van der Waals surface area contributed by atoms with Gasteiger partial charge in [0, 0.05) is 0 Å². The van der Waals surface area contributed by atoms with Crippen molar-refractivity contribution in [3.8, 4) is 0 Å². The van der Waals surface area contributed by atoms with Crippen molar-refractivity contribution in [3.63, 3.8) is 0 Å². The summed E-state index contributed by atoms with van der Waals surface area (Å²) < 4.78 is 0.386. The number of carboxylic acid groups (broad SMARTS) is 1. The number of hydrogen-bond acceptors (Lipinski definition) is 4. The summed E-state index contributed by atoms with van der Waals surface area (Å²) in [4.78, 5) is 25.4. The van der Waals surface area contributed by atoms with Gasteiger partial charge in [-0.15, -0.1) is 0 Å². The Balaban J connectivity index is 1.90. The second kappa shape index (κ2) is 7.17. The zero-order valence-corrected chi connectivity index (χ0v) is 15.5. The summed E-state index contributed by atoms with van der Waals surface area (Å²) in [6.45, 7) is 0. The molecule has 0 aromatic heterocycles. The number of carbonyl (C=O) groups is 2. The number of thioether (sulfide) groups is 1. The molecule has 0 unspecified atom stereocenters. The van der Waals surface area contributed by atoms with E-state index in [0.29, 0.717) is 30.5 Å². The summed E-state index contributed by atoms with van der Waals surface area (Å²) in [6, 6.07) is 11.1. The van der Waals surface area contributed by atoms with Crippen LogP contribution in [-0.4, -0.2) is 21.3 Å². The van der Waals surface area contributed by atoms with E-state index in [1.54, 1.807) is 36.4 Å². The van der Waals surface area contributed by atoms with Crippen molar-refractivity contribution in [2.45, 2.75) is 0 Å². The topological polar surface area (TPSA) is 57.6 Å². The van der Waals surface area contributed by atoms with Gasteiger partial charge in [-0.05, 0) is 42.0 Å². The molecule has 1 saturated heterocycles. The number of carbonyl (C=O) groups excluding carboxylic acids is 1. The maximum absolute atomic E-state index is 12.7. The largest absolute Gasteiger partial charge is 0.478 e. The summed E-state index contributed by atoms with van der Waals surface area (Å²) in [5.74, 6) is -1.27. The van der Waals surface area contributed by atoms with Gasteiger partial charge in [0.25, 0.3) is 5.91 Å². The van der Waals surface area contributed by atoms with Crippen LogP contribution in [0.4, 0.5) is 5.69 Å². The Hall–Kier alpha value is -1.86. The summed E-state index contributed by atoms with van der Waals surface area (Å²) >= 11 is 18.4. The van der Waals surface area contributed by atoms with Crippen LogP contribution < -0.4 is 4.90 Å². The molecule has 0 atom stereocenters.